The number of likely N-dealkylation sites (tertiary alicyclic amines) is 1. The van der Waals surface area contributed by atoms with Crippen molar-refractivity contribution in [1.82, 2.24) is 29.2 Å². The Morgan fingerprint density at radius 1 is 1.42 bits per heavy atom. The Bertz CT molecular complexity index is 707. The summed E-state index contributed by atoms with van der Waals surface area (Å²) in [5, 5.41) is 8.75. The zero-order chi connectivity index (χ0) is 17.1. The number of aromatic nitrogens is 5. The van der Waals surface area contributed by atoms with Crippen LogP contribution < -0.4 is 0 Å². The van der Waals surface area contributed by atoms with Crippen LogP contribution in [0.3, 0.4) is 0 Å². The van der Waals surface area contributed by atoms with Crippen molar-refractivity contribution in [3.63, 3.8) is 0 Å². The van der Waals surface area contributed by atoms with Crippen LogP contribution in [0.4, 0.5) is 0 Å². The van der Waals surface area contributed by atoms with Crippen molar-refractivity contribution < 1.29 is 9.53 Å². The molecule has 0 aliphatic carbocycles. The van der Waals surface area contributed by atoms with E-state index in [0.29, 0.717) is 13.1 Å². The first-order valence-electron chi connectivity index (χ1n) is 8.22. The summed E-state index contributed by atoms with van der Waals surface area (Å²) < 4.78 is 9.06. The zero-order valence-electron chi connectivity index (χ0n) is 14.5. The highest BCUT2D eigenvalue weighted by molar-refractivity contribution is 5.77. The van der Waals surface area contributed by atoms with Crippen LogP contribution in [0.25, 0.3) is 0 Å². The summed E-state index contributed by atoms with van der Waals surface area (Å²) in [5.74, 6) is 3.05. The van der Waals surface area contributed by atoms with Crippen molar-refractivity contribution in [1.29, 1.82) is 0 Å². The van der Waals surface area contributed by atoms with Gasteiger partial charge in [-0.25, -0.2) is 4.98 Å². The van der Waals surface area contributed by atoms with Crippen molar-refractivity contribution in [3.8, 4) is 0 Å². The van der Waals surface area contributed by atoms with E-state index in [0.717, 1.165) is 36.9 Å². The van der Waals surface area contributed by atoms with Gasteiger partial charge in [0, 0.05) is 45.6 Å². The predicted molar refractivity (Wildman–Crippen MR) is 87.5 cm³/mol. The van der Waals surface area contributed by atoms with Gasteiger partial charge in [-0.1, -0.05) is 0 Å². The van der Waals surface area contributed by atoms with Crippen LogP contribution in [0, 0.1) is 6.92 Å². The molecule has 1 amide bonds. The molecular weight excluding hydrogens is 308 g/mol. The number of nitrogens with zero attached hydrogens (tertiary/aromatic N) is 6. The third kappa shape index (κ3) is 3.33. The van der Waals surface area contributed by atoms with Crippen molar-refractivity contribution in [3.05, 3.63) is 29.9 Å². The molecule has 3 heterocycles. The van der Waals surface area contributed by atoms with Crippen LogP contribution in [-0.2, 0) is 23.1 Å². The number of hydrogen-bond acceptors (Lipinski definition) is 5. The molecule has 2 aromatic rings. The molecule has 1 saturated heterocycles. The number of methoxy groups -OCH3 is 1. The SMILES string of the molecule is COCC(=O)N1CCC[C@@H](c2nnc(Cn3ccnc3C)n2C)C1. The monoisotopic (exact) mass is 332 g/mol. The smallest absolute Gasteiger partial charge is 0.248 e. The molecule has 0 unspecified atom stereocenters. The van der Waals surface area contributed by atoms with E-state index < -0.39 is 0 Å². The quantitative estimate of drug-likeness (QED) is 0.806. The van der Waals surface area contributed by atoms with E-state index in [1.807, 2.05) is 29.6 Å². The number of rotatable bonds is 5. The fourth-order valence-electron chi connectivity index (χ4n) is 3.22. The Kier molecular flexibility index (Phi) is 4.94. The Morgan fingerprint density at radius 3 is 2.96 bits per heavy atom. The summed E-state index contributed by atoms with van der Waals surface area (Å²) >= 11 is 0. The highest BCUT2D eigenvalue weighted by atomic mass is 16.5. The fourth-order valence-corrected chi connectivity index (χ4v) is 3.22. The largest absolute Gasteiger partial charge is 0.375 e. The Balaban J connectivity index is 1.73. The van der Waals surface area contributed by atoms with Gasteiger partial charge in [-0.3, -0.25) is 4.79 Å². The normalized spacial score (nSPS) is 18.1. The number of amides is 1. The minimum absolute atomic E-state index is 0.0404. The molecule has 1 aliphatic heterocycles. The van der Waals surface area contributed by atoms with E-state index in [-0.39, 0.29) is 18.4 Å². The van der Waals surface area contributed by atoms with Gasteiger partial charge in [-0.15, -0.1) is 10.2 Å². The summed E-state index contributed by atoms with van der Waals surface area (Å²) in [5.41, 5.74) is 0. The first-order chi connectivity index (χ1) is 11.6. The molecule has 1 aliphatic rings. The average Bonchev–Trinajstić information content (AvgIpc) is 3.15. The second kappa shape index (κ2) is 7.12. The molecule has 8 nitrogen and oxygen atoms in total. The molecule has 0 N–H and O–H groups in total. The van der Waals surface area contributed by atoms with E-state index in [4.69, 9.17) is 4.74 Å². The number of carbonyl (C=O) groups excluding carboxylic acids is 1. The number of aryl methyl sites for hydroxylation is 1. The Morgan fingerprint density at radius 2 is 2.25 bits per heavy atom. The third-order valence-corrected chi connectivity index (χ3v) is 4.64. The molecule has 3 rings (SSSR count). The van der Waals surface area contributed by atoms with E-state index in [1.54, 1.807) is 13.3 Å². The topological polar surface area (TPSA) is 78.1 Å². The molecule has 1 atom stereocenters. The van der Waals surface area contributed by atoms with Gasteiger partial charge in [-0.2, -0.15) is 0 Å². The standard InChI is InChI=1S/C16H24N6O2/c1-12-17-6-8-21(12)10-14-18-19-16(20(14)2)13-5-4-7-22(9-13)15(23)11-24-3/h6,8,13H,4-5,7,9-11H2,1-3H3/t13-/m1/s1. The van der Waals surface area contributed by atoms with Crippen LogP contribution in [0.1, 0.15) is 36.2 Å². The number of carbonyl (C=O) groups is 1. The van der Waals surface area contributed by atoms with Gasteiger partial charge in [0.15, 0.2) is 5.82 Å². The minimum Gasteiger partial charge on any atom is -0.375 e. The van der Waals surface area contributed by atoms with Crippen LogP contribution in [0.2, 0.25) is 0 Å². The molecule has 0 aromatic carbocycles. The van der Waals surface area contributed by atoms with Gasteiger partial charge in [0.2, 0.25) is 5.91 Å². The lowest BCUT2D eigenvalue weighted by Gasteiger charge is -2.32. The van der Waals surface area contributed by atoms with Gasteiger partial charge in [-0.05, 0) is 19.8 Å². The van der Waals surface area contributed by atoms with Gasteiger partial charge < -0.3 is 18.8 Å². The summed E-state index contributed by atoms with van der Waals surface area (Å²) in [6.45, 7) is 4.22. The molecule has 0 bridgehead atoms. The van der Waals surface area contributed by atoms with Gasteiger partial charge in [0.1, 0.15) is 18.3 Å². The fraction of sp³-hybridized carbons (Fsp3) is 0.625. The molecule has 24 heavy (non-hydrogen) atoms. The third-order valence-electron chi connectivity index (χ3n) is 4.64. The Labute approximate surface area is 141 Å². The van der Waals surface area contributed by atoms with E-state index in [2.05, 4.69) is 19.7 Å². The molecule has 0 spiro atoms. The van der Waals surface area contributed by atoms with E-state index in [9.17, 15) is 4.79 Å². The van der Waals surface area contributed by atoms with E-state index in [1.165, 1.54) is 0 Å². The number of ether oxygens (including phenoxy) is 1. The van der Waals surface area contributed by atoms with Crippen molar-refractivity contribution >= 4 is 5.91 Å². The summed E-state index contributed by atoms with van der Waals surface area (Å²) in [6, 6.07) is 0. The molecule has 2 aromatic heterocycles. The Hall–Kier alpha value is -2.22. The zero-order valence-corrected chi connectivity index (χ0v) is 14.5. The number of hydrogen-bond donors (Lipinski definition) is 0. The van der Waals surface area contributed by atoms with Gasteiger partial charge in [0.25, 0.3) is 0 Å². The maximum atomic E-state index is 12.1. The first-order valence-corrected chi connectivity index (χ1v) is 8.22. The first kappa shape index (κ1) is 16.6. The molecule has 1 fully saturated rings. The lowest BCUT2D eigenvalue weighted by Crippen LogP contribution is -2.41. The molecular formula is C16H24N6O2. The second-order valence-corrected chi connectivity index (χ2v) is 6.25. The lowest BCUT2D eigenvalue weighted by molar-refractivity contribution is -0.136. The van der Waals surface area contributed by atoms with Crippen LogP contribution in [0.5, 0.6) is 0 Å². The highest BCUT2D eigenvalue weighted by Crippen LogP contribution is 2.26. The highest BCUT2D eigenvalue weighted by Gasteiger charge is 2.28. The van der Waals surface area contributed by atoms with E-state index >= 15 is 0 Å². The summed E-state index contributed by atoms with van der Waals surface area (Å²) in [6.07, 6.45) is 5.72. The molecule has 0 saturated carbocycles. The molecule has 130 valence electrons. The van der Waals surface area contributed by atoms with Crippen molar-refractivity contribution in [2.24, 2.45) is 7.05 Å². The van der Waals surface area contributed by atoms with Crippen LogP contribution in [-0.4, -0.2) is 61.9 Å². The van der Waals surface area contributed by atoms with Gasteiger partial charge in [0.05, 0.1) is 6.54 Å². The average molecular weight is 332 g/mol. The summed E-state index contributed by atoms with van der Waals surface area (Å²) in [7, 11) is 3.54. The molecule has 0 radical (unpaired) electrons. The van der Waals surface area contributed by atoms with Crippen molar-refractivity contribution in [2.75, 3.05) is 26.8 Å². The van der Waals surface area contributed by atoms with Crippen molar-refractivity contribution in [2.45, 2.75) is 32.2 Å². The maximum Gasteiger partial charge on any atom is 0.248 e. The summed E-state index contributed by atoms with van der Waals surface area (Å²) in [4.78, 5) is 18.2. The molecule has 8 heteroatoms. The maximum absolute atomic E-state index is 12.1. The van der Waals surface area contributed by atoms with Crippen LogP contribution in [0.15, 0.2) is 12.4 Å². The number of imidazole rings is 1. The van der Waals surface area contributed by atoms with Gasteiger partial charge >= 0.3 is 0 Å². The lowest BCUT2D eigenvalue weighted by atomic mass is 9.97. The van der Waals surface area contributed by atoms with Crippen LogP contribution >= 0.6 is 0 Å². The predicted octanol–water partition coefficient (Wildman–Crippen LogP) is 0.721. The number of piperidine rings is 1. The minimum atomic E-state index is 0.0404. The second-order valence-electron chi connectivity index (χ2n) is 6.25.